The normalized spacial score (nSPS) is 10.5. The molecule has 0 amide bonds. The largest absolute Gasteiger partial charge is 0.490 e. The molecule has 3 N–H and O–H groups in total. The first-order chi connectivity index (χ1) is 9.08. The van der Waals surface area contributed by atoms with E-state index in [-0.39, 0.29) is 5.11 Å². The third kappa shape index (κ3) is 4.92. The zero-order valence-electron chi connectivity index (χ0n) is 10.8. The van der Waals surface area contributed by atoms with Crippen molar-refractivity contribution in [3.05, 3.63) is 22.7 Å². The average molecular weight is 302 g/mol. The van der Waals surface area contributed by atoms with Crippen LogP contribution >= 0.6 is 23.8 Å². The highest BCUT2D eigenvalue weighted by Gasteiger charge is 2.09. The van der Waals surface area contributed by atoms with E-state index in [1.54, 1.807) is 12.1 Å². The number of halogens is 1. The zero-order valence-corrected chi connectivity index (χ0v) is 12.3. The summed E-state index contributed by atoms with van der Waals surface area (Å²) in [5.41, 5.74) is 8.40. The van der Waals surface area contributed by atoms with Gasteiger partial charge in [0.05, 0.1) is 24.5 Å². The molecule has 0 aliphatic carbocycles. The molecule has 0 saturated carbocycles. The van der Waals surface area contributed by atoms with Gasteiger partial charge in [0, 0.05) is 11.6 Å². The molecule has 0 radical (unpaired) electrons. The number of nitrogens with two attached hydrogens (primary N) is 1. The minimum atomic E-state index is 0.0864. The Morgan fingerprint density at radius 1 is 1.37 bits per heavy atom. The van der Waals surface area contributed by atoms with Crippen LogP contribution in [0.15, 0.2) is 17.2 Å². The number of hydrazone groups is 1. The SMILES string of the molecule is CCOc1cc(Cl)c(C=NNC(N)=S)cc1OCC. The molecule has 0 aliphatic heterocycles. The van der Waals surface area contributed by atoms with E-state index in [1.165, 1.54) is 6.21 Å². The summed E-state index contributed by atoms with van der Waals surface area (Å²) in [6, 6.07) is 3.44. The molecule has 104 valence electrons. The molecule has 0 unspecified atom stereocenters. The van der Waals surface area contributed by atoms with Crippen molar-refractivity contribution in [3.8, 4) is 11.5 Å². The third-order valence-electron chi connectivity index (χ3n) is 2.04. The van der Waals surface area contributed by atoms with Crippen LogP contribution in [0.5, 0.6) is 11.5 Å². The molecule has 0 bridgehead atoms. The Labute approximate surface area is 122 Å². The molecule has 0 spiro atoms. The molecule has 0 heterocycles. The molecule has 19 heavy (non-hydrogen) atoms. The smallest absolute Gasteiger partial charge is 0.184 e. The molecular formula is C12H16ClN3O2S. The Morgan fingerprint density at radius 2 is 1.95 bits per heavy atom. The van der Waals surface area contributed by atoms with E-state index < -0.39 is 0 Å². The Hall–Kier alpha value is -1.53. The molecule has 1 aromatic carbocycles. The van der Waals surface area contributed by atoms with E-state index in [1.807, 2.05) is 13.8 Å². The highest BCUT2D eigenvalue weighted by molar-refractivity contribution is 7.80. The fraction of sp³-hybridized carbons (Fsp3) is 0.333. The molecular weight excluding hydrogens is 286 g/mol. The second kappa shape index (κ2) is 7.81. The summed E-state index contributed by atoms with van der Waals surface area (Å²) < 4.78 is 11.0. The monoisotopic (exact) mass is 301 g/mol. The van der Waals surface area contributed by atoms with Crippen LogP contribution < -0.4 is 20.6 Å². The van der Waals surface area contributed by atoms with Gasteiger partial charge in [0.2, 0.25) is 0 Å². The van der Waals surface area contributed by atoms with Crippen molar-refractivity contribution in [1.29, 1.82) is 0 Å². The number of nitrogens with zero attached hydrogens (tertiary/aromatic N) is 1. The Bertz CT molecular complexity index is 480. The molecule has 0 saturated heterocycles. The van der Waals surface area contributed by atoms with Crippen molar-refractivity contribution in [2.45, 2.75) is 13.8 Å². The molecule has 0 aliphatic rings. The van der Waals surface area contributed by atoms with Crippen molar-refractivity contribution in [1.82, 2.24) is 5.43 Å². The van der Waals surface area contributed by atoms with E-state index in [9.17, 15) is 0 Å². The van der Waals surface area contributed by atoms with Crippen molar-refractivity contribution in [2.24, 2.45) is 10.8 Å². The Kier molecular flexibility index (Phi) is 6.38. The van der Waals surface area contributed by atoms with Gasteiger partial charge >= 0.3 is 0 Å². The van der Waals surface area contributed by atoms with Crippen molar-refractivity contribution >= 4 is 35.1 Å². The lowest BCUT2D eigenvalue weighted by atomic mass is 10.2. The molecule has 0 atom stereocenters. The minimum absolute atomic E-state index is 0.0864. The highest BCUT2D eigenvalue weighted by Crippen LogP contribution is 2.32. The number of thiocarbonyl (C=S) groups is 1. The van der Waals surface area contributed by atoms with Gasteiger partial charge in [-0.05, 0) is 32.1 Å². The summed E-state index contributed by atoms with van der Waals surface area (Å²) in [7, 11) is 0. The van der Waals surface area contributed by atoms with Gasteiger partial charge in [-0.1, -0.05) is 11.6 Å². The first-order valence-corrected chi connectivity index (χ1v) is 6.54. The standard InChI is InChI=1S/C12H16ClN3O2S/c1-3-17-10-5-8(7-15-16-12(14)19)9(13)6-11(10)18-4-2/h5-7H,3-4H2,1-2H3,(H3,14,16,19). The molecule has 1 rings (SSSR count). The van der Waals surface area contributed by atoms with Gasteiger partial charge in [-0.15, -0.1) is 0 Å². The lowest BCUT2D eigenvalue weighted by Crippen LogP contribution is -2.24. The van der Waals surface area contributed by atoms with E-state index in [2.05, 4.69) is 22.7 Å². The first kappa shape index (κ1) is 15.5. The topological polar surface area (TPSA) is 68.9 Å². The van der Waals surface area contributed by atoms with Gasteiger partial charge in [-0.25, -0.2) is 0 Å². The molecule has 5 nitrogen and oxygen atoms in total. The maximum Gasteiger partial charge on any atom is 0.184 e. The third-order valence-corrected chi connectivity index (χ3v) is 2.46. The summed E-state index contributed by atoms with van der Waals surface area (Å²) in [4.78, 5) is 0. The van der Waals surface area contributed by atoms with Crippen LogP contribution in [0.4, 0.5) is 0 Å². The molecule has 1 aromatic rings. The second-order valence-corrected chi connectivity index (χ2v) is 4.27. The number of hydrogen-bond acceptors (Lipinski definition) is 4. The number of hydrogen-bond donors (Lipinski definition) is 2. The number of nitrogens with one attached hydrogen (secondary N) is 1. The van der Waals surface area contributed by atoms with Crippen molar-refractivity contribution in [3.63, 3.8) is 0 Å². The molecule has 7 heteroatoms. The Morgan fingerprint density at radius 3 is 2.47 bits per heavy atom. The van der Waals surface area contributed by atoms with Gasteiger partial charge < -0.3 is 15.2 Å². The van der Waals surface area contributed by atoms with Crippen molar-refractivity contribution < 1.29 is 9.47 Å². The van der Waals surface area contributed by atoms with Gasteiger partial charge in [0.25, 0.3) is 0 Å². The van der Waals surface area contributed by atoms with E-state index >= 15 is 0 Å². The van der Waals surface area contributed by atoms with Crippen molar-refractivity contribution in [2.75, 3.05) is 13.2 Å². The lowest BCUT2D eigenvalue weighted by Gasteiger charge is -2.12. The Balaban J connectivity index is 3.01. The van der Waals surface area contributed by atoms with E-state index in [0.29, 0.717) is 35.3 Å². The predicted octanol–water partition coefficient (Wildman–Crippen LogP) is 2.30. The van der Waals surface area contributed by atoms with Crippen LogP contribution in [0.3, 0.4) is 0 Å². The van der Waals surface area contributed by atoms with Crippen LogP contribution in [-0.4, -0.2) is 24.5 Å². The highest BCUT2D eigenvalue weighted by atomic mass is 35.5. The van der Waals surface area contributed by atoms with Crippen LogP contribution in [0, 0.1) is 0 Å². The first-order valence-electron chi connectivity index (χ1n) is 5.76. The minimum Gasteiger partial charge on any atom is -0.490 e. The maximum atomic E-state index is 6.13. The number of ether oxygens (including phenoxy) is 2. The van der Waals surface area contributed by atoms with Crippen LogP contribution in [0.2, 0.25) is 5.02 Å². The maximum absolute atomic E-state index is 6.13. The summed E-state index contributed by atoms with van der Waals surface area (Å²) in [6.45, 7) is 4.86. The average Bonchev–Trinajstić information content (AvgIpc) is 2.34. The van der Waals surface area contributed by atoms with Crippen LogP contribution in [0.1, 0.15) is 19.4 Å². The lowest BCUT2D eigenvalue weighted by molar-refractivity contribution is 0.288. The summed E-state index contributed by atoms with van der Waals surface area (Å²) in [6.07, 6.45) is 1.51. The van der Waals surface area contributed by atoms with Crippen LogP contribution in [0.25, 0.3) is 0 Å². The van der Waals surface area contributed by atoms with Gasteiger partial charge in [-0.2, -0.15) is 5.10 Å². The zero-order chi connectivity index (χ0) is 14.3. The summed E-state index contributed by atoms with van der Waals surface area (Å²) in [5.74, 6) is 1.22. The predicted molar refractivity (Wildman–Crippen MR) is 81.3 cm³/mol. The van der Waals surface area contributed by atoms with Gasteiger partial charge in [0.1, 0.15) is 0 Å². The molecule has 0 fully saturated rings. The summed E-state index contributed by atoms with van der Waals surface area (Å²) >= 11 is 10.8. The quantitative estimate of drug-likeness (QED) is 0.479. The fourth-order valence-corrected chi connectivity index (χ4v) is 1.61. The molecule has 0 aromatic heterocycles. The fourth-order valence-electron chi connectivity index (χ4n) is 1.35. The van der Waals surface area contributed by atoms with Crippen LogP contribution in [-0.2, 0) is 0 Å². The van der Waals surface area contributed by atoms with E-state index in [4.69, 9.17) is 26.8 Å². The second-order valence-electron chi connectivity index (χ2n) is 3.42. The number of benzene rings is 1. The van der Waals surface area contributed by atoms with Gasteiger partial charge in [0.15, 0.2) is 16.6 Å². The van der Waals surface area contributed by atoms with Gasteiger partial charge in [-0.3, -0.25) is 5.43 Å². The number of rotatable bonds is 6. The van der Waals surface area contributed by atoms with E-state index in [0.717, 1.165) is 0 Å². The summed E-state index contributed by atoms with van der Waals surface area (Å²) in [5, 5.41) is 4.44.